The minimum Gasteiger partial charge on any atom is -0.405 e. The third-order valence-electron chi connectivity index (χ3n) is 2.71. The lowest BCUT2D eigenvalue weighted by molar-refractivity contribution is 0.536. The maximum atomic E-state index is 12.8. The predicted octanol–water partition coefficient (Wildman–Crippen LogP) is 2.28. The van der Waals surface area contributed by atoms with E-state index in [2.05, 4.69) is 17.2 Å². The summed E-state index contributed by atoms with van der Waals surface area (Å²) in [7, 11) is 0. The maximum absolute atomic E-state index is 12.8. The third kappa shape index (κ3) is 7.36. The summed E-state index contributed by atoms with van der Waals surface area (Å²) in [6, 6.07) is 7.04. The zero-order valence-electron chi connectivity index (χ0n) is 11.3. The first-order valence-electron chi connectivity index (χ1n) is 6.57. The monoisotopic (exact) mass is 263 g/mol. The topological polar surface area (TPSA) is 50.4 Å². The number of aliphatic imine (C=N–C) groups is 1. The number of nitrogens with one attached hydrogen (secondary N) is 1. The van der Waals surface area contributed by atoms with E-state index in [1.807, 2.05) is 12.1 Å². The molecule has 0 heterocycles. The first-order valence-corrected chi connectivity index (χ1v) is 6.57. The van der Waals surface area contributed by atoms with Crippen LogP contribution in [-0.2, 0) is 6.42 Å². The standard InChI is InChI=1S/C15H22FN3/c1-13(12-14-4-6-15(16)7-5-14)19-11-3-10-18-9-2-8-17/h2,4-9,13,19H,3,10-12,17H2,1H3/b8-2-,18-9?. The smallest absolute Gasteiger partial charge is 0.123 e. The zero-order valence-corrected chi connectivity index (χ0v) is 11.3. The average Bonchev–Trinajstić information content (AvgIpc) is 2.40. The summed E-state index contributed by atoms with van der Waals surface area (Å²) in [6.45, 7) is 3.84. The second-order valence-electron chi connectivity index (χ2n) is 4.48. The molecule has 0 fully saturated rings. The van der Waals surface area contributed by atoms with Gasteiger partial charge in [0.15, 0.2) is 0 Å². The number of halogens is 1. The van der Waals surface area contributed by atoms with Gasteiger partial charge in [0, 0.05) is 18.8 Å². The van der Waals surface area contributed by atoms with Crippen molar-refractivity contribution >= 4 is 6.21 Å². The number of rotatable bonds is 8. The lowest BCUT2D eigenvalue weighted by Crippen LogP contribution is -2.29. The van der Waals surface area contributed by atoms with Crippen LogP contribution in [0.1, 0.15) is 18.9 Å². The van der Waals surface area contributed by atoms with Gasteiger partial charge in [0.1, 0.15) is 5.82 Å². The lowest BCUT2D eigenvalue weighted by Gasteiger charge is -2.13. The number of nitrogens with two attached hydrogens (primary N) is 1. The Morgan fingerprint density at radius 1 is 1.37 bits per heavy atom. The van der Waals surface area contributed by atoms with Gasteiger partial charge in [-0.2, -0.15) is 0 Å². The first kappa shape index (κ1) is 15.4. The number of hydrogen-bond acceptors (Lipinski definition) is 3. The third-order valence-corrected chi connectivity index (χ3v) is 2.71. The minimum absolute atomic E-state index is 0.186. The van der Waals surface area contributed by atoms with Gasteiger partial charge in [0.2, 0.25) is 0 Å². The van der Waals surface area contributed by atoms with Crippen molar-refractivity contribution in [1.82, 2.24) is 5.32 Å². The molecular formula is C15H22FN3. The fourth-order valence-corrected chi connectivity index (χ4v) is 1.75. The van der Waals surface area contributed by atoms with Crippen LogP contribution in [-0.4, -0.2) is 25.3 Å². The Morgan fingerprint density at radius 2 is 2.11 bits per heavy atom. The van der Waals surface area contributed by atoms with Crippen molar-refractivity contribution in [3.63, 3.8) is 0 Å². The number of benzene rings is 1. The second-order valence-corrected chi connectivity index (χ2v) is 4.48. The second kappa shape index (κ2) is 9.28. The van der Waals surface area contributed by atoms with Crippen LogP contribution < -0.4 is 11.1 Å². The molecule has 3 N–H and O–H groups in total. The van der Waals surface area contributed by atoms with Crippen LogP contribution in [0.4, 0.5) is 4.39 Å². The number of allylic oxidation sites excluding steroid dienone is 1. The van der Waals surface area contributed by atoms with E-state index in [0.29, 0.717) is 6.04 Å². The largest absolute Gasteiger partial charge is 0.405 e. The molecule has 1 atom stereocenters. The van der Waals surface area contributed by atoms with Gasteiger partial charge >= 0.3 is 0 Å². The van der Waals surface area contributed by atoms with Crippen molar-refractivity contribution in [2.24, 2.45) is 10.7 Å². The average molecular weight is 263 g/mol. The molecule has 4 heteroatoms. The molecule has 3 nitrogen and oxygen atoms in total. The van der Waals surface area contributed by atoms with Crippen molar-refractivity contribution in [2.75, 3.05) is 13.1 Å². The van der Waals surface area contributed by atoms with Crippen LogP contribution in [0.5, 0.6) is 0 Å². The Labute approximate surface area is 114 Å². The van der Waals surface area contributed by atoms with Crippen molar-refractivity contribution in [3.05, 3.63) is 47.9 Å². The van der Waals surface area contributed by atoms with E-state index in [1.165, 1.54) is 18.3 Å². The summed E-state index contributed by atoms with van der Waals surface area (Å²) in [5.74, 6) is -0.186. The Bertz CT molecular complexity index is 398. The van der Waals surface area contributed by atoms with Gasteiger partial charge in [0.05, 0.1) is 0 Å². The molecule has 0 amide bonds. The first-order chi connectivity index (χ1) is 9.22. The number of hydrogen-bond donors (Lipinski definition) is 2. The highest BCUT2D eigenvalue weighted by Crippen LogP contribution is 2.05. The molecule has 0 aliphatic heterocycles. The molecule has 104 valence electrons. The molecular weight excluding hydrogens is 241 g/mol. The van der Waals surface area contributed by atoms with E-state index in [0.717, 1.165) is 31.5 Å². The van der Waals surface area contributed by atoms with Gasteiger partial charge < -0.3 is 11.1 Å². The molecule has 0 aliphatic carbocycles. The summed E-state index contributed by atoms with van der Waals surface area (Å²) in [6.07, 6.45) is 6.78. The van der Waals surface area contributed by atoms with Crippen molar-refractivity contribution in [1.29, 1.82) is 0 Å². The van der Waals surface area contributed by atoms with Gasteiger partial charge in [0.25, 0.3) is 0 Å². The molecule has 19 heavy (non-hydrogen) atoms. The fourth-order valence-electron chi connectivity index (χ4n) is 1.75. The molecule has 0 aromatic heterocycles. The summed E-state index contributed by atoms with van der Waals surface area (Å²) < 4.78 is 12.8. The highest BCUT2D eigenvalue weighted by Gasteiger charge is 2.02. The fraction of sp³-hybridized carbons (Fsp3) is 0.400. The van der Waals surface area contributed by atoms with Crippen LogP contribution in [0.25, 0.3) is 0 Å². The van der Waals surface area contributed by atoms with Crippen LogP contribution in [0.2, 0.25) is 0 Å². The summed E-state index contributed by atoms with van der Waals surface area (Å²) >= 11 is 0. The summed E-state index contributed by atoms with van der Waals surface area (Å²) in [4.78, 5) is 4.18. The van der Waals surface area contributed by atoms with E-state index in [-0.39, 0.29) is 5.82 Å². The van der Waals surface area contributed by atoms with Gasteiger partial charge in [-0.3, -0.25) is 4.99 Å². The lowest BCUT2D eigenvalue weighted by atomic mass is 10.1. The van der Waals surface area contributed by atoms with Crippen LogP contribution >= 0.6 is 0 Å². The van der Waals surface area contributed by atoms with Crippen LogP contribution in [0.15, 0.2) is 41.5 Å². The molecule has 0 aliphatic rings. The van der Waals surface area contributed by atoms with E-state index >= 15 is 0 Å². The Kier molecular flexibility index (Phi) is 7.51. The Balaban J connectivity index is 2.14. The number of nitrogens with zero attached hydrogens (tertiary/aromatic N) is 1. The van der Waals surface area contributed by atoms with E-state index in [4.69, 9.17) is 5.73 Å². The van der Waals surface area contributed by atoms with Crippen molar-refractivity contribution in [3.8, 4) is 0 Å². The summed E-state index contributed by atoms with van der Waals surface area (Å²) in [5, 5.41) is 3.43. The molecule has 1 aromatic rings. The zero-order chi connectivity index (χ0) is 13.9. The minimum atomic E-state index is -0.186. The normalized spacial score (nSPS) is 13.4. The predicted molar refractivity (Wildman–Crippen MR) is 78.9 cm³/mol. The Morgan fingerprint density at radius 3 is 2.79 bits per heavy atom. The highest BCUT2D eigenvalue weighted by atomic mass is 19.1. The van der Waals surface area contributed by atoms with Crippen LogP contribution in [0, 0.1) is 5.82 Å². The molecule has 1 rings (SSSR count). The van der Waals surface area contributed by atoms with Gasteiger partial charge in [-0.1, -0.05) is 12.1 Å². The van der Waals surface area contributed by atoms with Gasteiger partial charge in [-0.15, -0.1) is 0 Å². The van der Waals surface area contributed by atoms with Crippen molar-refractivity contribution in [2.45, 2.75) is 25.8 Å². The molecule has 0 saturated carbocycles. The molecule has 1 aromatic carbocycles. The van der Waals surface area contributed by atoms with E-state index in [9.17, 15) is 4.39 Å². The molecule has 0 bridgehead atoms. The quantitative estimate of drug-likeness (QED) is 0.558. The molecule has 0 spiro atoms. The molecule has 1 unspecified atom stereocenters. The van der Waals surface area contributed by atoms with Crippen molar-refractivity contribution < 1.29 is 4.39 Å². The maximum Gasteiger partial charge on any atom is 0.123 e. The van der Waals surface area contributed by atoms with Gasteiger partial charge in [-0.25, -0.2) is 4.39 Å². The van der Waals surface area contributed by atoms with E-state index in [1.54, 1.807) is 12.3 Å². The van der Waals surface area contributed by atoms with E-state index < -0.39 is 0 Å². The molecule has 0 radical (unpaired) electrons. The van der Waals surface area contributed by atoms with Crippen LogP contribution in [0.3, 0.4) is 0 Å². The SMILES string of the molecule is CC(Cc1ccc(F)cc1)NCCCN=C/C=C\N. The summed E-state index contributed by atoms with van der Waals surface area (Å²) in [5.41, 5.74) is 6.33. The molecule has 0 saturated heterocycles. The highest BCUT2D eigenvalue weighted by molar-refractivity contribution is 5.70. The van der Waals surface area contributed by atoms with Gasteiger partial charge in [-0.05, 0) is 56.3 Å². The Hall–Kier alpha value is -1.68.